The molecule has 2 fully saturated rings. The van der Waals surface area contributed by atoms with Crippen LogP contribution in [0.5, 0.6) is 0 Å². The highest BCUT2D eigenvalue weighted by Gasteiger charge is 2.50. The molecule has 1 aromatic rings. The van der Waals surface area contributed by atoms with Gasteiger partial charge in [0.25, 0.3) is 0 Å². The molecule has 0 radical (unpaired) electrons. The van der Waals surface area contributed by atoms with E-state index < -0.39 is 0 Å². The topological polar surface area (TPSA) is 32.3 Å². The second kappa shape index (κ2) is 5.45. The normalized spacial score (nSPS) is 22.0. The number of amides is 1. The van der Waals surface area contributed by atoms with Crippen molar-refractivity contribution in [2.24, 2.45) is 0 Å². The van der Waals surface area contributed by atoms with Crippen LogP contribution in [0.15, 0.2) is 18.2 Å². The monoisotopic (exact) mass is 286 g/mol. The molecule has 2 aliphatic heterocycles. The molecule has 2 heterocycles. The van der Waals surface area contributed by atoms with E-state index in [4.69, 9.17) is 0 Å². The number of hydrogen-bond donors (Lipinski definition) is 1. The van der Waals surface area contributed by atoms with Gasteiger partial charge in [0.1, 0.15) is 5.54 Å². The van der Waals surface area contributed by atoms with E-state index in [1.54, 1.807) is 0 Å². The number of nitrogens with zero attached hydrogens (tertiary/aromatic N) is 1. The van der Waals surface area contributed by atoms with E-state index in [1.165, 1.54) is 16.7 Å². The zero-order valence-electron chi connectivity index (χ0n) is 13.4. The molecule has 1 N–H and O–H groups in total. The Morgan fingerprint density at radius 2 is 1.90 bits per heavy atom. The third kappa shape index (κ3) is 2.38. The number of nitrogens with one attached hydrogen (secondary N) is 1. The molecule has 3 rings (SSSR count). The van der Waals surface area contributed by atoms with Crippen molar-refractivity contribution in [1.82, 2.24) is 10.2 Å². The average molecular weight is 286 g/mol. The van der Waals surface area contributed by atoms with E-state index in [-0.39, 0.29) is 17.5 Å². The fraction of sp³-hybridized carbons (Fsp3) is 0.611. The first kappa shape index (κ1) is 14.6. The van der Waals surface area contributed by atoms with Gasteiger partial charge in [-0.05, 0) is 76.2 Å². The zero-order valence-corrected chi connectivity index (χ0v) is 13.4. The average Bonchev–Trinajstić information content (AvgIpc) is 3.01. The maximum atomic E-state index is 12.9. The van der Waals surface area contributed by atoms with Crippen molar-refractivity contribution >= 4 is 5.91 Å². The summed E-state index contributed by atoms with van der Waals surface area (Å²) in [6.45, 7) is 8.55. The standard InChI is InChI=1S/C18H26N2O/c1-13-7-4-8-16(14(13)2)15(3)19-17(21)18-9-5-11-20(18)12-6-10-18/h4,7-8,15H,5-6,9-12H2,1-3H3,(H,19,21)/t15-/m0/s1. The summed E-state index contributed by atoms with van der Waals surface area (Å²) in [5.41, 5.74) is 3.61. The highest BCUT2D eigenvalue weighted by atomic mass is 16.2. The number of carbonyl (C=O) groups is 1. The number of hydrogen-bond acceptors (Lipinski definition) is 2. The lowest BCUT2D eigenvalue weighted by Gasteiger charge is -2.32. The largest absolute Gasteiger partial charge is 0.348 e. The summed E-state index contributed by atoms with van der Waals surface area (Å²) in [5, 5.41) is 3.29. The lowest BCUT2D eigenvalue weighted by atomic mass is 9.91. The van der Waals surface area contributed by atoms with Crippen LogP contribution < -0.4 is 5.32 Å². The third-order valence-electron chi connectivity index (χ3n) is 5.53. The molecular formula is C18H26N2O. The van der Waals surface area contributed by atoms with Gasteiger partial charge in [-0.1, -0.05) is 18.2 Å². The quantitative estimate of drug-likeness (QED) is 0.926. The smallest absolute Gasteiger partial charge is 0.241 e. The molecule has 2 aliphatic rings. The molecule has 114 valence electrons. The van der Waals surface area contributed by atoms with Gasteiger partial charge in [0.05, 0.1) is 6.04 Å². The number of benzene rings is 1. The van der Waals surface area contributed by atoms with Crippen LogP contribution in [-0.2, 0) is 4.79 Å². The van der Waals surface area contributed by atoms with Crippen LogP contribution in [0, 0.1) is 13.8 Å². The van der Waals surface area contributed by atoms with Gasteiger partial charge in [-0.25, -0.2) is 0 Å². The van der Waals surface area contributed by atoms with Crippen molar-refractivity contribution in [3.8, 4) is 0 Å². The molecule has 21 heavy (non-hydrogen) atoms. The van der Waals surface area contributed by atoms with Gasteiger partial charge in [0.2, 0.25) is 5.91 Å². The molecular weight excluding hydrogens is 260 g/mol. The van der Waals surface area contributed by atoms with Crippen LogP contribution in [0.25, 0.3) is 0 Å². The van der Waals surface area contributed by atoms with Crippen LogP contribution in [0.3, 0.4) is 0 Å². The molecule has 1 amide bonds. The van der Waals surface area contributed by atoms with Crippen molar-refractivity contribution in [2.75, 3.05) is 13.1 Å². The fourth-order valence-electron chi connectivity index (χ4n) is 4.13. The first-order valence-corrected chi connectivity index (χ1v) is 8.17. The van der Waals surface area contributed by atoms with Crippen molar-refractivity contribution in [3.05, 3.63) is 34.9 Å². The van der Waals surface area contributed by atoms with E-state index >= 15 is 0 Å². The summed E-state index contributed by atoms with van der Waals surface area (Å²) < 4.78 is 0. The van der Waals surface area contributed by atoms with Crippen LogP contribution in [-0.4, -0.2) is 29.4 Å². The third-order valence-corrected chi connectivity index (χ3v) is 5.53. The van der Waals surface area contributed by atoms with Crippen molar-refractivity contribution in [1.29, 1.82) is 0 Å². The Bertz CT molecular complexity index is 542. The Morgan fingerprint density at radius 1 is 1.24 bits per heavy atom. The lowest BCUT2D eigenvalue weighted by Crippen LogP contribution is -2.52. The van der Waals surface area contributed by atoms with Gasteiger partial charge in [-0.2, -0.15) is 0 Å². The SMILES string of the molecule is Cc1cccc([C@H](C)NC(=O)C23CCCN2CCC3)c1C. The summed E-state index contributed by atoms with van der Waals surface area (Å²) >= 11 is 0. The molecule has 0 bridgehead atoms. The Balaban J connectivity index is 1.77. The van der Waals surface area contributed by atoms with Gasteiger partial charge in [-0.3, -0.25) is 9.69 Å². The van der Waals surface area contributed by atoms with Gasteiger partial charge in [-0.15, -0.1) is 0 Å². The lowest BCUT2D eigenvalue weighted by molar-refractivity contribution is -0.131. The minimum Gasteiger partial charge on any atom is -0.348 e. The predicted octanol–water partition coefficient (Wildman–Crippen LogP) is 3.11. The summed E-state index contributed by atoms with van der Waals surface area (Å²) in [7, 11) is 0. The van der Waals surface area contributed by atoms with Crippen molar-refractivity contribution in [2.45, 2.75) is 58.0 Å². The summed E-state index contributed by atoms with van der Waals surface area (Å²) in [6, 6.07) is 6.42. The van der Waals surface area contributed by atoms with Crippen LogP contribution in [0.4, 0.5) is 0 Å². The molecule has 1 aromatic carbocycles. The van der Waals surface area contributed by atoms with E-state index in [1.807, 2.05) is 0 Å². The minimum atomic E-state index is -0.202. The zero-order chi connectivity index (χ0) is 15.0. The van der Waals surface area contributed by atoms with Gasteiger partial charge < -0.3 is 5.32 Å². The van der Waals surface area contributed by atoms with E-state index in [0.717, 1.165) is 38.8 Å². The molecule has 1 atom stereocenters. The fourth-order valence-corrected chi connectivity index (χ4v) is 4.13. The second-order valence-corrected chi connectivity index (χ2v) is 6.71. The number of fused-ring (bicyclic) bond motifs is 1. The molecule has 0 spiro atoms. The highest BCUT2D eigenvalue weighted by molar-refractivity contribution is 5.87. The maximum absolute atomic E-state index is 12.9. The maximum Gasteiger partial charge on any atom is 0.241 e. The van der Waals surface area contributed by atoms with Crippen LogP contribution in [0.1, 0.15) is 55.3 Å². The summed E-state index contributed by atoms with van der Waals surface area (Å²) in [4.78, 5) is 15.3. The first-order chi connectivity index (χ1) is 10.0. The first-order valence-electron chi connectivity index (χ1n) is 8.17. The van der Waals surface area contributed by atoms with Crippen LogP contribution in [0.2, 0.25) is 0 Å². The Kier molecular flexibility index (Phi) is 3.78. The van der Waals surface area contributed by atoms with Crippen LogP contribution >= 0.6 is 0 Å². The molecule has 0 aliphatic carbocycles. The molecule has 3 heteroatoms. The second-order valence-electron chi connectivity index (χ2n) is 6.71. The Morgan fingerprint density at radius 3 is 2.57 bits per heavy atom. The molecule has 3 nitrogen and oxygen atoms in total. The Hall–Kier alpha value is -1.35. The minimum absolute atomic E-state index is 0.0785. The Labute approximate surface area is 127 Å². The number of aryl methyl sites for hydroxylation is 1. The van der Waals surface area contributed by atoms with Crippen molar-refractivity contribution < 1.29 is 4.79 Å². The predicted molar refractivity (Wildman–Crippen MR) is 85.2 cm³/mol. The number of rotatable bonds is 3. The molecule has 0 unspecified atom stereocenters. The highest BCUT2D eigenvalue weighted by Crippen LogP contribution is 2.39. The van der Waals surface area contributed by atoms with Gasteiger partial charge in [0.15, 0.2) is 0 Å². The van der Waals surface area contributed by atoms with E-state index in [2.05, 4.69) is 49.2 Å². The summed E-state index contributed by atoms with van der Waals surface area (Å²) in [6.07, 6.45) is 4.37. The molecule has 0 aromatic heterocycles. The van der Waals surface area contributed by atoms with Gasteiger partial charge >= 0.3 is 0 Å². The van der Waals surface area contributed by atoms with E-state index in [0.29, 0.717) is 0 Å². The van der Waals surface area contributed by atoms with Gasteiger partial charge in [0, 0.05) is 0 Å². The number of carbonyl (C=O) groups excluding carboxylic acids is 1. The molecule has 2 saturated heterocycles. The van der Waals surface area contributed by atoms with E-state index in [9.17, 15) is 4.79 Å². The summed E-state index contributed by atoms with van der Waals surface area (Å²) in [5.74, 6) is 0.242. The molecule has 0 saturated carbocycles. The van der Waals surface area contributed by atoms with Crippen molar-refractivity contribution in [3.63, 3.8) is 0 Å².